The van der Waals surface area contributed by atoms with Gasteiger partial charge in [0.25, 0.3) is 0 Å². The second kappa shape index (κ2) is 5.58. The van der Waals surface area contributed by atoms with Crippen molar-refractivity contribution in [2.75, 3.05) is 13.1 Å². The van der Waals surface area contributed by atoms with E-state index >= 15 is 0 Å². The van der Waals surface area contributed by atoms with Crippen LogP contribution in [0.2, 0.25) is 0 Å². The molecular formula is C10H20N4O. The third-order valence-corrected chi connectivity index (χ3v) is 2.54. The summed E-state index contributed by atoms with van der Waals surface area (Å²) in [7, 11) is 0. The van der Waals surface area contributed by atoms with E-state index < -0.39 is 0 Å². The lowest BCUT2D eigenvalue weighted by Gasteiger charge is -2.28. The predicted molar refractivity (Wildman–Crippen MR) is 59.9 cm³/mol. The lowest BCUT2D eigenvalue weighted by Crippen LogP contribution is -2.46. The molecule has 1 aliphatic heterocycles. The third-order valence-electron chi connectivity index (χ3n) is 2.54. The molecule has 0 aliphatic carbocycles. The summed E-state index contributed by atoms with van der Waals surface area (Å²) < 4.78 is 0. The van der Waals surface area contributed by atoms with Gasteiger partial charge in [0.1, 0.15) is 0 Å². The van der Waals surface area contributed by atoms with Crippen LogP contribution in [0, 0.1) is 5.41 Å². The molecule has 0 aromatic carbocycles. The van der Waals surface area contributed by atoms with Crippen LogP contribution in [0.3, 0.4) is 0 Å². The number of urea groups is 1. The maximum absolute atomic E-state index is 11.7. The highest BCUT2D eigenvalue weighted by Crippen LogP contribution is 2.08. The maximum atomic E-state index is 11.7. The number of amidine groups is 1. The van der Waals surface area contributed by atoms with Crippen LogP contribution in [-0.2, 0) is 0 Å². The smallest absolute Gasteiger partial charge is 0.317 e. The van der Waals surface area contributed by atoms with E-state index in [-0.39, 0.29) is 17.9 Å². The molecule has 0 aromatic heterocycles. The Morgan fingerprint density at radius 1 is 1.47 bits per heavy atom. The highest BCUT2D eigenvalue weighted by atomic mass is 16.2. The van der Waals surface area contributed by atoms with E-state index in [0.717, 1.165) is 25.9 Å². The van der Waals surface area contributed by atoms with Crippen LogP contribution in [0.1, 0.15) is 32.6 Å². The molecule has 0 saturated carbocycles. The van der Waals surface area contributed by atoms with Gasteiger partial charge >= 0.3 is 6.03 Å². The Hall–Kier alpha value is -1.26. The van der Waals surface area contributed by atoms with Gasteiger partial charge in [-0.05, 0) is 26.2 Å². The molecule has 1 unspecified atom stereocenters. The number of nitrogens with one attached hydrogen (secondary N) is 2. The van der Waals surface area contributed by atoms with Gasteiger partial charge in [-0.25, -0.2) is 4.79 Å². The molecular weight excluding hydrogens is 192 g/mol. The molecule has 0 radical (unpaired) electrons. The van der Waals surface area contributed by atoms with Gasteiger partial charge in [0.2, 0.25) is 0 Å². The summed E-state index contributed by atoms with van der Waals surface area (Å²) in [4.78, 5) is 13.5. The molecule has 1 heterocycles. The van der Waals surface area contributed by atoms with Gasteiger partial charge in [0.05, 0.1) is 5.84 Å². The van der Waals surface area contributed by atoms with Crippen LogP contribution >= 0.6 is 0 Å². The summed E-state index contributed by atoms with van der Waals surface area (Å²) in [6.07, 6.45) is 3.81. The molecule has 1 fully saturated rings. The molecule has 1 aliphatic rings. The fourth-order valence-corrected chi connectivity index (χ4v) is 1.78. The standard InChI is InChI=1S/C10H20N4O/c1-8(7-9(11)12)13-10(15)14-5-3-2-4-6-14/h8H,2-7H2,1H3,(H3,11,12)(H,13,15). The number of piperidine rings is 1. The molecule has 0 spiro atoms. The van der Waals surface area contributed by atoms with Gasteiger partial charge in [-0.15, -0.1) is 0 Å². The summed E-state index contributed by atoms with van der Waals surface area (Å²) in [5.41, 5.74) is 5.27. The highest BCUT2D eigenvalue weighted by molar-refractivity contribution is 5.79. The summed E-state index contributed by atoms with van der Waals surface area (Å²) >= 11 is 0. The van der Waals surface area contributed by atoms with Gasteiger partial charge in [0.15, 0.2) is 0 Å². The Balaban J connectivity index is 2.30. The van der Waals surface area contributed by atoms with Gasteiger partial charge < -0.3 is 16.0 Å². The zero-order valence-electron chi connectivity index (χ0n) is 9.25. The number of likely N-dealkylation sites (tertiary alicyclic amines) is 1. The van der Waals surface area contributed by atoms with Crippen LogP contribution in [0.5, 0.6) is 0 Å². The monoisotopic (exact) mass is 212 g/mol. The Labute approximate surface area is 90.5 Å². The molecule has 0 bridgehead atoms. The van der Waals surface area contributed by atoms with Crippen molar-refractivity contribution >= 4 is 11.9 Å². The molecule has 86 valence electrons. The number of hydrogen-bond acceptors (Lipinski definition) is 2. The SMILES string of the molecule is CC(CC(=N)N)NC(=O)N1CCCCC1. The van der Waals surface area contributed by atoms with E-state index in [2.05, 4.69) is 5.32 Å². The number of nitrogens with two attached hydrogens (primary N) is 1. The number of hydrogen-bond donors (Lipinski definition) is 3. The first-order valence-electron chi connectivity index (χ1n) is 5.48. The highest BCUT2D eigenvalue weighted by Gasteiger charge is 2.17. The number of rotatable bonds is 3. The van der Waals surface area contributed by atoms with Gasteiger partial charge in [-0.3, -0.25) is 5.41 Å². The average molecular weight is 212 g/mol. The minimum atomic E-state index is -0.0584. The van der Waals surface area contributed by atoms with Crippen molar-refractivity contribution in [2.45, 2.75) is 38.6 Å². The van der Waals surface area contributed by atoms with Crippen LogP contribution in [0.4, 0.5) is 4.79 Å². The minimum absolute atomic E-state index is 0.0246. The van der Waals surface area contributed by atoms with Crippen molar-refractivity contribution in [1.29, 1.82) is 5.41 Å². The van der Waals surface area contributed by atoms with Crippen molar-refractivity contribution in [1.82, 2.24) is 10.2 Å². The molecule has 1 rings (SSSR count). The third kappa shape index (κ3) is 4.18. The second-order valence-electron chi connectivity index (χ2n) is 4.13. The Morgan fingerprint density at radius 3 is 2.60 bits per heavy atom. The van der Waals surface area contributed by atoms with Crippen molar-refractivity contribution < 1.29 is 4.79 Å². The first kappa shape index (κ1) is 11.8. The summed E-state index contributed by atoms with van der Waals surface area (Å²) in [6, 6.07) is -0.0830. The zero-order valence-corrected chi connectivity index (χ0v) is 9.25. The van der Waals surface area contributed by atoms with E-state index in [4.69, 9.17) is 11.1 Å². The summed E-state index contributed by atoms with van der Waals surface area (Å²) in [6.45, 7) is 3.56. The molecule has 0 aromatic rings. The first-order valence-corrected chi connectivity index (χ1v) is 5.48. The molecule has 2 amide bonds. The minimum Gasteiger partial charge on any atom is -0.388 e. The molecule has 1 saturated heterocycles. The van der Waals surface area contributed by atoms with Crippen LogP contribution < -0.4 is 11.1 Å². The van der Waals surface area contributed by atoms with Crippen molar-refractivity contribution in [3.05, 3.63) is 0 Å². The normalized spacial score (nSPS) is 18.3. The molecule has 5 heteroatoms. The number of nitrogens with zero attached hydrogens (tertiary/aromatic N) is 1. The number of amides is 2. The lowest BCUT2D eigenvalue weighted by atomic mass is 10.1. The predicted octanol–water partition coefficient (Wildman–Crippen LogP) is 0.896. The largest absolute Gasteiger partial charge is 0.388 e. The van der Waals surface area contributed by atoms with E-state index in [9.17, 15) is 4.79 Å². The molecule has 4 N–H and O–H groups in total. The van der Waals surface area contributed by atoms with Crippen LogP contribution in [0.15, 0.2) is 0 Å². The second-order valence-corrected chi connectivity index (χ2v) is 4.13. The van der Waals surface area contributed by atoms with Crippen molar-refractivity contribution in [3.63, 3.8) is 0 Å². The summed E-state index contributed by atoms with van der Waals surface area (Å²) in [5, 5.41) is 9.97. The van der Waals surface area contributed by atoms with E-state index in [0.29, 0.717) is 6.42 Å². The summed E-state index contributed by atoms with van der Waals surface area (Å²) in [5.74, 6) is 0.112. The number of carbonyl (C=O) groups excluding carboxylic acids is 1. The van der Waals surface area contributed by atoms with Gasteiger partial charge in [0, 0.05) is 25.6 Å². The topological polar surface area (TPSA) is 82.2 Å². The Kier molecular flexibility index (Phi) is 4.39. The quantitative estimate of drug-likeness (QED) is 0.480. The fourth-order valence-electron chi connectivity index (χ4n) is 1.78. The molecule has 1 atom stereocenters. The Bertz CT molecular complexity index is 236. The van der Waals surface area contributed by atoms with E-state index in [1.807, 2.05) is 11.8 Å². The van der Waals surface area contributed by atoms with Crippen LogP contribution in [0.25, 0.3) is 0 Å². The van der Waals surface area contributed by atoms with E-state index in [1.165, 1.54) is 6.42 Å². The van der Waals surface area contributed by atoms with Gasteiger partial charge in [-0.2, -0.15) is 0 Å². The average Bonchev–Trinajstić information content (AvgIpc) is 2.17. The molecule has 5 nitrogen and oxygen atoms in total. The fraction of sp³-hybridized carbons (Fsp3) is 0.800. The van der Waals surface area contributed by atoms with E-state index in [1.54, 1.807) is 0 Å². The molecule has 15 heavy (non-hydrogen) atoms. The number of carbonyl (C=O) groups is 1. The van der Waals surface area contributed by atoms with Gasteiger partial charge in [-0.1, -0.05) is 0 Å². The van der Waals surface area contributed by atoms with Crippen molar-refractivity contribution in [3.8, 4) is 0 Å². The first-order chi connectivity index (χ1) is 7.09. The maximum Gasteiger partial charge on any atom is 0.317 e. The Morgan fingerprint density at radius 2 is 2.07 bits per heavy atom. The lowest BCUT2D eigenvalue weighted by molar-refractivity contribution is 0.183. The zero-order chi connectivity index (χ0) is 11.3. The van der Waals surface area contributed by atoms with Crippen molar-refractivity contribution in [2.24, 2.45) is 5.73 Å². The van der Waals surface area contributed by atoms with Crippen LogP contribution in [-0.4, -0.2) is 35.9 Å².